The zero-order chi connectivity index (χ0) is 26.3. The van der Waals surface area contributed by atoms with Crippen LogP contribution in [0.25, 0.3) is 11.3 Å². The number of aromatic nitrogens is 3. The highest BCUT2D eigenvalue weighted by atomic mass is 16.7. The van der Waals surface area contributed by atoms with Gasteiger partial charge in [-0.1, -0.05) is 29.1 Å². The Bertz CT molecular complexity index is 1410. The molecular weight excluding hydrogens is 484 g/mol. The van der Waals surface area contributed by atoms with Gasteiger partial charge in [-0.05, 0) is 48.9 Å². The highest BCUT2D eigenvalue weighted by Gasteiger charge is 2.21. The maximum atomic E-state index is 10.5. The van der Waals surface area contributed by atoms with Crippen LogP contribution in [0.1, 0.15) is 41.2 Å². The third kappa shape index (κ3) is 6.36. The number of carbonyl (C=O) groups is 1. The number of ether oxygens (including phenoxy) is 2. The van der Waals surface area contributed by atoms with E-state index in [1.165, 1.54) is 0 Å². The molecule has 0 radical (unpaired) electrons. The van der Waals surface area contributed by atoms with E-state index in [1.807, 2.05) is 53.2 Å². The van der Waals surface area contributed by atoms with Crippen LogP contribution in [-0.4, -0.2) is 57.2 Å². The first-order chi connectivity index (χ1) is 18.6. The fourth-order valence-corrected chi connectivity index (χ4v) is 4.29. The molecule has 3 heterocycles. The standard InChI is InChI=1S/C29H28N4O5/c1-21(35)29-30-12-13-33(29)18-26-16-27(38-31-26)25-10-8-23(9-11-25)3-2-22-4-6-24(7-5-22)17-32-14-15-36-28(19-32)37-20-34/h4-13,16,20-21,28,35H,14-15,17-19H2,1H3/t21-,28?/m0/s1. The Kier molecular flexibility index (Phi) is 7.95. The van der Waals surface area contributed by atoms with Crippen molar-refractivity contribution in [3.05, 3.63) is 95.2 Å². The normalized spacial score (nSPS) is 16.4. The molecule has 0 amide bonds. The van der Waals surface area contributed by atoms with Gasteiger partial charge in [0.2, 0.25) is 6.29 Å². The summed E-state index contributed by atoms with van der Waals surface area (Å²) in [7, 11) is 0. The van der Waals surface area contributed by atoms with E-state index in [0.29, 0.717) is 37.8 Å². The Morgan fingerprint density at radius 1 is 1.13 bits per heavy atom. The zero-order valence-electron chi connectivity index (χ0n) is 21.0. The first kappa shape index (κ1) is 25.4. The van der Waals surface area contributed by atoms with Crippen molar-refractivity contribution in [3.8, 4) is 23.2 Å². The molecule has 2 atom stereocenters. The van der Waals surface area contributed by atoms with Crippen LogP contribution in [0.15, 0.2) is 71.5 Å². The van der Waals surface area contributed by atoms with E-state index in [0.717, 1.165) is 41.0 Å². The number of imidazole rings is 1. The number of morpholine rings is 1. The maximum Gasteiger partial charge on any atom is 0.295 e. The van der Waals surface area contributed by atoms with E-state index >= 15 is 0 Å². The van der Waals surface area contributed by atoms with Crippen LogP contribution in [0, 0.1) is 11.8 Å². The quantitative estimate of drug-likeness (QED) is 0.283. The average Bonchev–Trinajstić information content (AvgIpc) is 3.59. The predicted octanol–water partition coefficient (Wildman–Crippen LogP) is 3.37. The van der Waals surface area contributed by atoms with Crippen molar-refractivity contribution in [1.82, 2.24) is 19.6 Å². The van der Waals surface area contributed by atoms with Crippen LogP contribution in [-0.2, 0) is 27.4 Å². The highest BCUT2D eigenvalue weighted by Crippen LogP contribution is 2.22. The number of hydrogen-bond acceptors (Lipinski definition) is 8. The fourth-order valence-electron chi connectivity index (χ4n) is 4.29. The monoisotopic (exact) mass is 512 g/mol. The third-order valence-electron chi connectivity index (χ3n) is 6.22. The molecule has 1 saturated heterocycles. The van der Waals surface area contributed by atoms with Crippen molar-refractivity contribution >= 4 is 6.47 Å². The lowest BCUT2D eigenvalue weighted by Crippen LogP contribution is -2.42. The third-order valence-corrected chi connectivity index (χ3v) is 6.22. The van der Waals surface area contributed by atoms with Gasteiger partial charge in [-0.25, -0.2) is 4.98 Å². The number of rotatable bonds is 8. The average molecular weight is 513 g/mol. The molecule has 5 rings (SSSR count). The number of carbonyl (C=O) groups excluding carboxylic acids is 1. The minimum absolute atomic E-state index is 0.429. The molecule has 0 saturated carbocycles. The van der Waals surface area contributed by atoms with Gasteiger partial charge in [-0.15, -0.1) is 0 Å². The topological polar surface area (TPSA) is 103 Å². The van der Waals surface area contributed by atoms with Crippen LogP contribution in [0.2, 0.25) is 0 Å². The Hall–Kier alpha value is -4.23. The second-order valence-electron chi connectivity index (χ2n) is 9.06. The van der Waals surface area contributed by atoms with Crippen molar-refractivity contribution in [2.24, 2.45) is 0 Å². The summed E-state index contributed by atoms with van der Waals surface area (Å²) in [5.74, 6) is 7.67. The van der Waals surface area contributed by atoms with Crippen LogP contribution >= 0.6 is 0 Å². The van der Waals surface area contributed by atoms with Crippen LogP contribution < -0.4 is 0 Å². The zero-order valence-corrected chi connectivity index (χ0v) is 21.0. The Morgan fingerprint density at radius 2 is 1.87 bits per heavy atom. The molecule has 1 aliphatic heterocycles. The Labute approximate surface area is 220 Å². The smallest absolute Gasteiger partial charge is 0.295 e. The molecule has 2 aromatic heterocycles. The van der Waals surface area contributed by atoms with Gasteiger partial charge in [-0.3, -0.25) is 9.69 Å². The molecule has 194 valence electrons. The minimum Gasteiger partial charge on any atom is -0.437 e. The molecule has 1 aliphatic rings. The largest absolute Gasteiger partial charge is 0.437 e. The molecule has 9 heteroatoms. The number of aliphatic hydroxyl groups excluding tert-OH is 1. The minimum atomic E-state index is -0.656. The second kappa shape index (κ2) is 11.9. The van der Waals surface area contributed by atoms with Crippen LogP contribution in [0.4, 0.5) is 0 Å². The van der Waals surface area contributed by atoms with Crippen molar-refractivity contribution < 1.29 is 23.9 Å². The van der Waals surface area contributed by atoms with Gasteiger partial charge >= 0.3 is 0 Å². The van der Waals surface area contributed by atoms with Gasteiger partial charge in [0.15, 0.2) is 5.76 Å². The van der Waals surface area contributed by atoms with Crippen molar-refractivity contribution in [2.45, 2.75) is 32.4 Å². The lowest BCUT2D eigenvalue weighted by Gasteiger charge is -2.31. The van der Waals surface area contributed by atoms with Gasteiger partial charge < -0.3 is 23.7 Å². The molecule has 2 aromatic carbocycles. The van der Waals surface area contributed by atoms with Crippen molar-refractivity contribution in [3.63, 3.8) is 0 Å². The van der Waals surface area contributed by atoms with E-state index in [9.17, 15) is 9.90 Å². The van der Waals surface area contributed by atoms with E-state index in [4.69, 9.17) is 14.0 Å². The molecular formula is C29H28N4O5. The lowest BCUT2D eigenvalue weighted by atomic mass is 10.1. The van der Waals surface area contributed by atoms with Gasteiger partial charge in [0.1, 0.15) is 17.6 Å². The van der Waals surface area contributed by atoms with Gasteiger partial charge in [0.05, 0.1) is 19.7 Å². The lowest BCUT2D eigenvalue weighted by molar-refractivity contribution is -0.182. The summed E-state index contributed by atoms with van der Waals surface area (Å²) in [6.07, 6.45) is 2.31. The SMILES string of the molecule is C[C@H](O)c1nccn1Cc1cc(-c2ccc(C#Cc3ccc(CN4CCOC(OC=O)C4)cc3)cc2)on1. The summed E-state index contributed by atoms with van der Waals surface area (Å²) in [5.41, 5.74) is 4.64. The van der Waals surface area contributed by atoms with Gasteiger partial charge in [0.25, 0.3) is 6.47 Å². The van der Waals surface area contributed by atoms with Gasteiger partial charge in [0, 0.05) is 48.2 Å². The number of hydrogen-bond donors (Lipinski definition) is 1. The summed E-state index contributed by atoms with van der Waals surface area (Å²) in [5, 5.41) is 14.0. The Morgan fingerprint density at radius 3 is 2.58 bits per heavy atom. The molecule has 4 aromatic rings. The van der Waals surface area contributed by atoms with E-state index in [1.54, 1.807) is 13.1 Å². The number of nitrogens with zero attached hydrogens (tertiary/aromatic N) is 4. The van der Waals surface area contributed by atoms with Crippen molar-refractivity contribution in [2.75, 3.05) is 19.7 Å². The first-order valence-corrected chi connectivity index (χ1v) is 12.4. The molecule has 0 bridgehead atoms. The van der Waals surface area contributed by atoms with E-state index < -0.39 is 12.4 Å². The molecule has 0 aliphatic carbocycles. The fraction of sp³-hybridized carbons (Fsp3) is 0.276. The van der Waals surface area contributed by atoms with Crippen LogP contribution in [0.5, 0.6) is 0 Å². The first-order valence-electron chi connectivity index (χ1n) is 12.4. The number of aliphatic hydroxyl groups is 1. The molecule has 9 nitrogen and oxygen atoms in total. The summed E-state index contributed by atoms with van der Waals surface area (Å²) >= 11 is 0. The molecule has 38 heavy (non-hydrogen) atoms. The summed E-state index contributed by atoms with van der Waals surface area (Å²) in [4.78, 5) is 16.9. The van der Waals surface area contributed by atoms with E-state index in [-0.39, 0.29) is 0 Å². The highest BCUT2D eigenvalue weighted by molar-refractivity contribution is 5.59. The van der Waals surface area contributed by atoms with Crippen molar-refractivity contribution in [1.29, 1.82) is 0 Å². The summed E-state index contributed by atoms with van der Waals surface area (Å²) in [6, 6.07) is 17.9. The van der Waals surface area contributed by atoms with E-state index in [2.05, 4.69) is 39.0 Å². The number of benzene rings is 2. The van der Waals surface area contributed by atoms with Crippen LogP contribution in [0.3, 0.4) is 0 Å². The Balaban J connectivity index is 1.18. The molecule has 1 N–H and O–H groups in total. The predicted molar refractivity (Wildman–Crippen MR) is 138 cm³/mol. The summed E-state index contributed by atoms with van der Waals surface area (Å²) < 4.78 is 17.7. The molecule has 1 unspecified atom stereocenters. The second-order valence-corrected chi connectivity index (χ2v) is 9.06. The maximum absolute atomic E-state index is 10.5. The summed E-state index contributed by atoms with van der Waals surface area (Å²) in [6.45, 7) is 5.22. The van der Waals surface area contributed by atoms with Gasteiger partial charge in [-0.2, -0.15) is 0 Å². The molecule has 0 spiro atoms. The molecule has 1 fully saturated rings.